The van der Waals surface area contributed by atoms with Crippen molar-refractivity contribution in [3.63, 3.8) is 0 Å². The van der Waals surface area contributed by atoms with Gasteiger partial charge in [0.1, 0.15) is 16.4 Å². The van der Waals surface area contributed by atoms with E-state index in [1.54, 1.807) is 31.0 Å². The Kier molecular flexibility index (Phi) is 5.60. The highest BCUT2D eigenvalue weighted by Crippen LogP contribution is 2.32. The summed E-state index contributed by atoms with van der Waals surface area (Å²) in [5.41, 5.74) is -0.433. The van der Waals surface area contributed by atoms with Gasteiger partial charge in [-0.25, -0.2) is 13.1 Å². The van der Waals surface area contributed by atoms with Gasteiger partial charge in [0, 0.05) is 25.5 Å². The van der Waals surface area contributed by atoms with Gasteiger partial charge in [0.2, 0.25) is 10.0 Å². The van der Waals surface area contributed by atoms with Gasteiger partial charge in [-0.15, -0.1) is 0 Å². The fourth-order valence-corrected chi connectivity index (χ4v) is 4.92. The molecule has 1 aliphatic rings. The third-order valence-corrected chi connectivity index (χ3v) is 6.41. The fraction of sp³-hybridized carbons (Fsp3) is 0.571. The van der Waals surface area contributed by atoms with E-state index in [0.29, 0.717) is 5.75 Å². The predicted octanol–water partition coefficient (Wildman–Crippen LogP) is 1.50. The standard InChI is InChI=1S/C14H21NO5S2/c1-18-11-4-5-13(12(8-11)19-2)22(16,17)15-9-14(20-3)6-7-21-10-14/h4-5,8,15H,6-7,9-10H2,1-3H3. The van der Waals surface area contributed by atoms with Crippen LogP contribution in [0.3, 0.4) is 0 Å². The second-order valence-electron chi connectivity index (χ2n) is 5.03. The van der Waals surface area contributed by atoms with E-state index in [1.807, 2.05) is 0 Å². The Morgan fingerprint density at radius 2 is 2.05 bits per heavy atom. The molecule has 2 rings (SSSR count). The third kappa shape index (κ3) is 3.68. The molecule has 6 nitrogen and oxygen atoms in total. The maximum absolute atomic E-state index is 12.5. The summed E-state index contributed by atoms with van der Waals surface area (Å²) < 4.78 is 43.5. The van der Waals surface area contributed by atoms with Crippen molar-refractivity contribution in [2.24, 2.45) is 0 Å². The molecule has 124 valence electrons. The van der Waals surface area contributed by atoms with Crippen LogP contribution in [0.15, 0.2) is 23.1 Å². The van der Waals surface area contributed by atoms with Crippen LogP contribution in [0.1, 0.15) is 6.42 Å². The minimum atomic E-state index is -3.68. The summed E-state index contributed by atoms with van der Waals surface area (Å²) in [5.74, 6) is 2.54. The van der Waals surface area contributed by atoms with Gasteiger partial charge in [0.15, 0.2) is 0 Å². The average molecular weight is 347 g/mol. The first kappa shape index (κ1) is 17.4. The van der Waals surface area contributed by atoms with E-state index in [-0.39, 0.29) is 17.2 Å². The molecule has 1 atom stereocenters. The van der Waals surface area contributed by atoms with Crippen molar-refractivity contribution < 1.29 is 22.6 Å². The van der Waals surface area contributed by atoms with Gasteiger partial charge >= 0.3 is 0 Å². The molecule has 8 heteroatoms. The van der Waals surface area contributed by atoms with Crippen molar-refractivity contribution in [2.75, 3.05) is 39.4 Å². The number of rotatable bonds is 7. The van der Waals surface area contributed by atoms with Gasteiger partial charge in [-0.05, 0) is 24.3 Å². The molecular formula is C14H21NO5S2. The molecule has 1 unspecified atom stereocenters. The SMILES string of the molecule is COc1ccc(S(=O)(=O)NCC2(OC)CCSC2)c(OC)c1. The van der Waals surface area contributed by atoms with E-state index in [4.69, 9.17) is 14.2 Å². The quantitative estimate of drug-likeness (QED) is 0.806. The lowest BCUT2D eigenvalue weighted by Crippen LogP contribution is -2.44. The molecule has 1 aromatic carbocycles. The largest absolute Gasteiger partial charge is 0.497 e. The van der Waals surface area contributed by atoms with Gasteiger partial charge in [-0.3, -0.25) is 0 Å². The highest BCUT2D eigenvalue weighted by atomic mass is 32.2. The smallest absolute Gasteiger partial charge is 0.244 e. The minimum absolute atomic E-state index is 0.0905. The van der Waals surface area contributed by atoms with Crippen LogP contribution in [0.2, 0.25) is 0 Å². The monoisotopic (exact) mass is 347 g/mol. The highest BCUT2D eigenvalue weighted by Gasteiger charge is 2.36. The lowest BCUT2D eigenvalue weighted by atomic mass is 10.0. The van der Waals surface area contributed by atoms with Crippen molar-refractivity contribution >= 4 is 21.8 Å². The van der Waals surface area contributed by atoms with Crippen molar-refractivity contribution in [2.45, 2.75) is 16.9 Å². The summed E-state index contributed by atoms with van der Waals surface area (Å²) >= 11 is 1.76. The molecule has 22 heavy (non-hydrogen) atoms. The van der Waals surface area contributed by atoms with Crippen molar-refractivity contribution in [3.05, 3.63) is 18.2 Å². The van der Waals surface area contributed by atoms with Crippen molar-refractivity contribution in [3.8, 4) is 11.5 Å². The van der Waals surface area contributed by atoms with Crippen LogP contribution in [-0.2, 0) is 14.8 Å². The Hall–Kier alpha value is -0.960. The summed E-state index contributed by atoms with van der Waals surface area (Å²) in [6.07, 6.45) is 0.830. The summed E-state index contributed by atoms with van der Waals surface area (Å²) in [6.45, 7) is 0.244. The first-order valence-electron chi connectivity index (χ1n) is 6.81. The zero-order valence-corrected chi connectivity index (χ0v) is 14.6. The molecule has 1 aliphatic heterocycles. The average Bonchev–Trinajstić information content (AvgIpc) is 3.02. The number of sulfonamides is 1. The molecule has 0 aliphatic carbocycles. The number of ether oxygens (including phenoxy) is 3. The maximum atomic E-state index is 12.5. The molecule has 0 amide bonds. The molecule has 0 spiro atoms. The molecule has 1 heterocycles. The topological polar surface area (TPSA) is 73.9 Å². The number of hydrogen-bond donors (Lipinski definition) is 1. The minimum Gasteiger partial charge on any atom is -0.497 e. The Morgan fingerprint density at radius 3 is 2.59 bits per heavy atom. The number of hydrogen-bond acceptors (Lipinski definition) is 6. The molecule has 0 radical (unpaired) electrons. The Balaban J connectivity index is 2.20. The van der Waals surface area contributed by atoms with Gasteiger partial charge < -0.3 is 14.2 Å². The lowest BCUT2D eigenvalue weighted by molar-refractivity contribution is 0.0179. The highest BCUT2D eigenvalue weighted by molar-refractivity contribution is 7.99. The van der Waals surface area contributed by atoms with Gasteiger partial charge in [0.05, 0.1) is 19.8 Å². The molecule has 0 saturated carbocycles. The predicted molar refractivity (Wildman–Crippen MR) is 86.4 cm³/mol. The molecular weight excluding hydrogens is 326 g/mol. The van der Waals surface area contributed by atoms with Crippen LogP contribution in [0, 0.1) is 0 Å². The second-order valence-corrected chi connectivity index (χ2v) is 7.87. The zero-order valence-electron chi connectivity index (χ0n) is 12.9. The maximum Gasteiger partial charge on any atom is 0.244 e. The normalized spacial score (nSPS) is 21.8. The number of methoxy groups -OCH3 is 3. The van der Waals surface area contributed by atoms with E-state index in [9.17, 15) is 8.42 Å². The first-order chi connectivity index (χ1) is 10.5. The van der Waals surface area contributed by atoms with E-state index >= 15 is 0 Å². The van der Waals surface area contributed by atoms with Crippen LogP contribution in [0.5, 0.6) is 11.5 Å². The van der Waals surface area contributed by atoms with Crippen LogP contribution in [0.4, 0.5) is 0 Å². The zero-order chi connectivity index (χ0) is 16.2. The third-order valence-electron chi connectivity index (χ3n) is 3.74. The van der Waals surface area contributed by atoms with E-state index in [1.165, 1.54) is 20.3 Å². The Labute approximate surface area is 135 Å². The van der Waals surface area contributed by atoms with Crippen LogP contribution < -0.4 is 14.2 Å². The van der Waals surface area contributed by atoms with Crippen LogP contribution in [0.25, 0.3) is 0 Å². The molecule has 1 aromatic rings. The molecule has 1 saturated heterocycles. The molecule has 1 N–H and O–H groups in total. The Bertz CT molecular complexity index is 612. The fourth-order valence-electron chi connectivity index (χ4n) is 2.26. The number of nitrogens with one attached hydrogen (secondary N) is 1. The van der Waals surface area contributed by atoms with Crippen molar-refractivity contribution in [1.82, 2.24) is 4.72 Å². The van der Waals surface area contributed by atoms with E-state index in [0.717, 1.165) is 17.9 Å². The second kappa shape index (κ2) is 7.08. The summed E-state index contributed by atoms with van der Waals surface area (Å²) in [5, 5.41) is 0. The van der Waals surface area contributed by atoms with Crippen LogP contribution in [-0.4, -0.2) is 53.4 Å². The van der Waals surface area contributed by atoms with Crippen LogP contribution >= 0.6 is 11.8 Å². The Morgan fingerprint density at radius 1 is 1.27 bits per heavy atom. The van der Waals surface area contributed by atoms with E-state index < -0.39 is 15.6 Å². The van der Waals surface area contributed by atoms with Gasteiger partial charge in [-0.1, -0.05) is 0 Å². The lowest BCUT2D eigenvalue weighted by Gasteiger charge is -2.26. The first-order valence-corrected chi connectivity index (χ1v) is 9.45. The molecule has 0 bridgehead atoms. The van der Waals surface area contributed by atoms with Gasteiger partial charge in [0.25, 0.3) is 0 Å². The number of thioether (sulfide) groups is 1. The summed E-state index contributed by atoms with van der Waals surface area (Å²) in [6, 6.07) is 4.61. The molecule has 1 fully saturated rings. The van der Waals surface area contributed by atoms with Crippen molar-refractivity contribution in [1.29, 1.82) is 0 Å². The van der Waals surface area contributed by atoms with E-state index in [2.05, 4.69) is 4.72 Å². The summed E-state index contributed by atoms with van der Waals surface area (Å²) in [7, 11) is 0.879. The molecule has 0 aromatic heterocycles. The number of benzene rings is 1. The summed E-state index contributed by atoms with van der Waals surface area (Å²) in [4.78, 5) is 0.0905. The van der Waals surface area contributed by atoms with Gasteiger partial charge in [-0.2, -0.15) is 11.8 Å².